The van der Waals surface area contributed by atoms with E-state index in [1.165, 1.54) is 22.4 Å². The van der Waals surface area contributed by atoms with Crippen LogP contribution in [0.15, 0.2) is 60.9 Å². The van der Waals surface area contributed by atoms with Gasteiger partial charge in [-0.05, 0) is 79.5 Å². The predicted molar refractivity (Wildman–Crippen MR) is 130 cm³/mol. The lowest BCUT2D eigenvalue weighted by Gasteiger charge is -2.46. The SMILES string of the molecule is O=C(N1[C@H]2CC[C@H]1CC(Cc1cncc3ccccc13)C2)C1(c2cccc(F)c2)CCOCC1. The first-order chi connectivity index (χ1) is 16.6. The van der Waals surface area contributed by atoms with E-state index in [-0.39, 0.29) is 23.8 Å². The number of aromatic nitrogens is 1. The minimum absolute atomic E-state index is 0.194. The quantitative estimate of drug-likeness (QED) is 0.523. The Morgan fingerprint density at radius 1 is 1.03 bits per heavy atom. The van der Waals surface area contributed by atoms with E-state index in [2.05, 4.69) is 34.1 Å². The number of pyridine rings is 1. The zero-order valence-corrected chi connectivity index (χ0v) is 19.5. The van der Waals surface area contributed by atoms with E-state index in [0.717, 1.165) is 37.7 Å². The maximum absolute atomic E-state index is 14.2. The van der Waals surface area contributed by atoms with Gasteiger partial charge in [0.1, 0.15) is 5.82 Å². The third-order valence-electron chi connectivity index (χ3n) is 8.46. The molecule has 4 nitrogen and oxygen atoms in total. The van der Waals surface area contributed by atoms with Gasteiger partial charge in [0.15, 0.2) is 0 Å². The van der Waals surface area contributed by atoms with Crippen molar-refractivity contribution in [2.45, 2.75) is 62.4 Å². The third kappa shape index (κ3) is 3.70. The maximum atomic E-state index is 14.2. The summed E-state index contributed by atoms with van der Waals surface area (Å²) in [6.07, 6.45) is 10.4. The highest BCUT2D eigenvalue weighted by Gasteiger charge is 2.51. The standard InChI is InChI=1S/C29H31FN2O2/c30-24-6-3-5-23(17-24)29(10-12-34-13-11-29)28(33)32-25-8-9-26(32)16-20(15-25)14-22-19-31-18-21-4-1-2-7-27(21)22/h1-7,17-20,25-26H,8-16H2/t25-,26-/m0/s1. The van der Waals surface area contributed by atoms with E-state index in [9.17, 15) is 9.18 Å². The molecule has 0 N–H and O–H groups in total. The Morgan fingerprint density at radius 3 is 2.56 bits per heavy atom. The van der Waals surface area contributed by atoms with Crippen molar-refractivity contribution in [1.29, 1.82) is 0 Å². The van der Waals surface area contributed by atoms with Crippen LogP contribution in [0.2, 0.25) is 0 Å². The number of amides is 1. The van der Waals surface area contributed by atoms with Gasteiger partial charge in [0.25, 0.3) is 0 Å². The molecule has 1 aromatic heterocycles. The molecule has 4 heterocycles. The third-order valence-corrected chi connectivity index (χ3v) is 8.46. The van der Waals surface area contributed by atoms with Crippen LogP contribution in [0.5, 0.6) is 0 Å². The van der Waals surface area contributed by atoms with Crippen molar-refractivity contribution in [1.82, 2.24) is 9.88 Å². The molecule has 3 aliphatic heterocycles. The molecular formula is C29H31FN2O2. The fourth-order valence-corrected chi connectivity index (χ4v) is 6.82. The lowest BCUT2D eigenvalue weighted by atomic mass is 9.72. The van der Waals surface area contributed by atoms with Crippen LogP contribution in [0.1, 0.15) is 49.7 Å². The molecule has 1 amide bonds. The van der Waals surface area contributed by atoms with Gasteiger partial charge in [0.2, 0.25) is 5.91 Å². The van der Waals surface area contributed by atoms with E-state index in [4.69, 9.17) is 4.74 Å². The fourth-order valence-electron chi connectivity index (χ4n) is 6.82. The van der Waals surface area contributed by atoms with Gasteiger partial charge >= 0.3 is 0 Å². The molecule has 3 saturated heterocycles. The summed E-state index contributed by atoms with van der Waals surface area (Å²) in [4.78, 5) is 20.9. The van der Waals surface area contributed by atoms with Gasteiger partial charge in [-0.2, -0.15) is 0 Å². The molecule has 0 spiro atoms. The topological polar surface area (TPSA) is 42.4 Å². The first kappa shape index (κ1) is 21.7. The molecule has 3 aromatic rings. The van der Waals surface area contributed by atoms with Gasteiger partial charge in [0.05, 0.1) is 5.41 Å². The molecule has 0 saturated carbocycles. The molecule has 176 valence electrons. The fraction of sp³-hybridized carbons (Fsp3) is 0.448. The maximum Gasteiger partial charge on any atom is 0.233 e. The first-order valence-electron chi connectivity index (χ1n) is 12.6. The highest BCUT2D eigenvalue weighted by atomic mass is 19.1. The second-order valence-electron chi connectivity index (χ2n) is 10.4. The van der Waals surface area contributed by atoms with E-state index >= 15 is 0 Å². The smallest absolute Gasteiger partial charge is 0.233 e. The number of nitrogens with zero attached hydrogens (tertiary/aromatic N) is 2. The van der Waals surface area contributed by atoms with Crippen LogP contribution in [0.3, 0.4) is 0 Å². The molecule has 0 aliphatic carbocycles. The minimum Gasteiger partial charge on any atom is -0.381 e. The average Bonchev–Trinajstić information content (AvgIpc) is 3.14. The van der Waals surface area contributed by atoms with Crippen molar-refractivity contribution in [2.75, 3.05) is 13.2 Å². The Bertz CT molecular complexity index is 1190. The van der Waals surface area contributed by atoms with Crippen molar-refractivity contribution >= 4 is 16.7 Å². The summed E-state index contributed by atoms with van der Waals surface area (Å²) in [6.45, 7) is 1.09. The molecule has 0 radical (unpaired) electrons. The Morgan fingerprint density at radius 2 is 1.79 bits per heavy atom. The molecule has 6 rings (SSSR count). The Hall–Kier alpha value is -2.79. The summed E-state index contributed by atoms with van der Waals surface area (Å²) in [7, 11) is 0. The summed E-state index contributed by atoms with van der Waals surface area (Å²) in [5.41, 5.74) is 1.44. The van der Waals surface area contributed by atoms with Crippen molar-refractivity contribution in [2.24, 2.45) is 5.92 Å². The van der Waals surface area contributed by atoms with Crippen molar-refractivity contribution in [3.63, 3.8) is 0 Å². The van der Waals surface area contributed by atoms with Crippen molar-refractivity contribution < 1.29 is 13.9 Å². The predicted octanol–water partition coefficient (Wildman–Crippen LogP) is 5.43. The molecule has 2 atom stereocenters. The summed E-state index contributed by atoms with van der Waals surface area (Å²) >= 11 is 0. The summed E-state index contributed by atoms with van der Waals surface area (Å²) in [5, 5.41) is 2.47. The summed E-state index contributed by atoms with van der Waals surface area (Å²) < 4.78 is 19.8. The molecule has 2 aromatic carbocycles. The normalized spacial score (nSPS) is 26.0. The monoisotopic (exact) mass is 458 g/mol. The van der Waals surface area contributed by atoms with Gasteiger partial charge in [0, 0.05) is 43.1 Å². The van der Waals surface area contributed by atoms with Gasteiger partial charge < -0.3 is 9.64 Å². The van der Waals surface area contributed by atoms with Gasteiger partial charge in [-0.1, -0.05) is 36.4 Å². The Labute approximate surface area is 200 Å². The van der Waals surface area contributed by atoms with E-state index < -0.39 is 5.41 Å². The zero-order chi connectivity index (χ0) is 23.1. The zero-order valence-electron chi connectivity index (χ0n) is 19.5. The van der Waals surface area contributed by atoms with Crippen molar-refractivity contribution in [3.05, 3.63) is 77.9 Å². The number of piperidine rings is 1. The van der Waals surface area contributed by atoms with Gasteiger partial charge in [-0.15, -0.1) is 0 Å². The second-order valence-corrected chi connectivity index (χ2v) is 10.4. The van der Waals surface area contributed by atoms with Crippen LogP contribution in [-0.4, -0.2) is 41.1 Å². The molecule has 5 heteroatoms. The number of ether oxygens (including phenoxy) is 1. The van der Waals surface area contributed by atoms with E-state index in [0.29, 0.717) is 32.0 Å². The Balaban J connectivity index is 1.25. The number of rotatable bonds is 4. The molecule has 2 bridgehead atoms. The number of hydrogen-bond acceptors (Lipinski definition) is 3. The number of fused-ring (bicyclic) bond motifs is 3. The molecule has 3 aliphatic rings. The highest BCUT2D eigenvalue weighted by molar-refractivity contribution is 5.89. The molecular weight excluding hydrogens is 427 g/mol. The van der Waals surface area contributed by atoms with Gasteiger partial charge in [-0.3, -0.25) is 9.78 Å². The van der Waals surface area contributed by atoms with Gasteiger partial charge in [-0.25, -0.2) is 4.39 Å². The second kappa shape index (κ2) is 8.77. The summed E-state index contributed by atoms with van der Waals surface area (Å²) in [5.74, 6) is 0.467. The van der Waals surface area contributed by atoms with Crippen LogP contribution in [0, 0.1) is 11.7 Å². The van der Waals surface area contributed by atoms with Crippen LogP contribution >= 0.6 is 0 Å². The number of carbonyl (C=O) groups is 1. The lowest BCUT2D eigenvalue weighted by molar-refractivity contribution is -0.146. The molecule has 3 fully saturated rings. The van der Waals surface area contributed by atoms with Crippen LogP contribution in [0.25, 0.3) is 10.8 Å². The lowest BCUT2D eigenvalue weighted by Crippen LogP contribution is -2.56. The van der Waals surface area contributed by atoms with Crippen molar-refractivity contribution in [3.8, 4) is 0 Å². The summed E-state index contributed by atoms with van der Waals surface area (Å²) in [6, 6.07) is 15.7. The number of carbonyl (C=O) groups excluding carboxylic acids is 1. The van der Waals surface area contributed by atoms with Crippen LogP contribution in [0.4, 0.5) is 4.39 Å². The highest BCUT2D eigenvalue weighted by Crippen LogP contribution is 2.45. The molecule has 0 unspecified atom stereocenters. The largest absolute Gasteiger partial charge is 0.381 e. The van der Waals surface area contributed by atoms with Crippen LogP contribution < -0.4 is 0 Å². The molecule has 34 heavy (non-hydrogen) atoms. The van der Waals surface area contributed by atoms with Crippen LogP contribution in [-0.2, 0) is 21.4 Å². The van der Waals surface area contributed by atoms with E-state index in [1.54, 1.807) is 12.1 Å². The number of halogens is 1. The average molecular weight is 459 g/mol. The minimum atomic E-state index is -0.673. The number of benzene rings is 2. The Kier molecular flexibility index (Phi) is 5.60. The van der Waals surface area contributed by atoms with E-state index in [1.807, 2.05) is 18.5 Å². The number of hydrogen-bond donors (Lipinski definition) is 0. The first-order valence-corrected chi connectivity index (χ1v) is 12.6.